The molecule has 2 atom stereocenters. The third-order valence-electron chi connectivity index (χ3n) is 3.80. The van der Waals surface area contributed by atoms with Crippen LogP contribution in [0, 0.1) is 6.92 Å². The van der Waals surface area contributed by atoms with Crippen LogP contribution in [0.25, 0.3) is 0 Å². The molecule has 1 N–H and O–H groups in total. The van der Waals surface area contributed by atoms with Crippen LogP contribution in [0.3, 0.4) is 0 Å². The average Bonchev–Trinajstić information content (AvgIpc) is 2.44. The van der Waals surface area contributed by atoms with Crippen molar-refractivity contribution in [1.29, 1.82) is 0 Å². The van der Waals surface area contributed by atoms with Gasteiger partial charge in [-0.2, -0.15) is 0 Å². The third kappa shape index (κ3) is 2.36. The molecule has 0 bridgehead atoms. The smallest absolute Gasteiger partial charge is 0.129 e. The number of hydrogen-bond acceptors (Lipinski definition) is 2. The van der Waals surface area contributed by atoms with Gasteiger partial charge in [-0.15, -0.1) is 0 Å². The molecule has 98 valence electrons. The third-order valence-corrected chi connectivity index (χ3v) is 3.80. The molecular formula is C17H18O2. The van der Waals surface area contributed by atoms with Crippen molar-refractivity contribution in [3.63, 3.8) is 0 Å². The van der Waals surface area contributed by atoms with E-state index in [9.17, 15) is 5.11 Å². The molecule has 3 rings (SSSR count). The van der Waals surface area contributed by atoms with Crippen LogP contribution >= 0.6 is 0 Å². The Bertz CT molecular complexity index is 577. The van der Waals surface area contributed by atoms with Gasteiger partial charge in [0.15, 0.2) is 0 Å². The Morgan fingerprint density at radius 1 is 1.05 bits per heavy atom. The van der Waals surface area contributed by atoms with Gasteiger partial charge in [0.1, 0.15) is 18.0 Å². The van der Waals surface area contributed by atoms with Crippen molar-refractivity contribution in [3.05, 3.63) is 65.2 Å². The molecule has 2 unspecified atom stereocenters. The van der Waals surface area contributed by atoms with E-state index in [2.05, 4.69) is 6.07 Å². The monoisotopic (exact) mass is 254 g/mol. The standard InChI is InChI=1S/C17H18O2/c1-12-6-2-5-9-15(12)19-16-11-10-13-7-3-4-8-14(13)17(16)18/h2-9,16-18H,10-11H2,1H3. The molecule has 2 aromatic carbocycles. The second kappa shape index (κ2) is 5.06. The Morgan fingerprint density at radius 2 is 1.79 bits per heavy atom. The minimum Gasteiger partial charge on any atom is -0.487 e. The summed E-state index contributed by atoms with van der Waals surface area (Å²) in [7, 11) is 0. The van der Waals surface area contributed by atoms with Crippen LogP contribution in [0.1, 0.15) is 29.2 Å². The largest absolute Gasteiger partial charge is 0.487 e. The molecule has 2 nitrogen and oxygen atoms in total. The van der Waals surface area contributed by atoms with Gasteiger partial charge >= 0.3 is 0 Å². The zero-order valence-electron chi connectivity index (χ0n) is 11.0. The van der Waals surface area contributed by atoms with Gasteiger partial charge < -0.3 is 9.84 Å². The second-order valence-corrected chi connectivity index (χ2v) is 5.10. The Balaban J connectivity index is 1.83. The molecule has 0 saturated heterocycles. The lowest BCUT2D eigenvalue weighted by molar-refractivity contribution is 0.0227. The number of benzene rings is 2. The lowest BCUT2D eigenvalue weighted by Crippen LogP contribution is -2.30. The van der Waals surface area contributed by atoms with Crippen molar-refractivity contribution in [2.75, 3.05) is 0 Å². The number of aliphatic hydroxyl groups excluding tert-OH is 1. The van der Waals surface area contributed by atoms with Crippen LogP contribution < -0.4 is 4.74 Å². The lowest BCUT2D eigenvalue weighted by Gasteiger charge is -2.30. The number of aryl methyl sites for hydroxylation is 2. The maximum Gasteiger partial charge on any atom is 0.129 e. The maximum atomic E-state index is 10.4. The summed E-state index contributed by atoms with van der Waals surface area (Å²) in [5.74, 6) is 0.867. The van der Waals surface area contributed by atoms with Gasteiger partial charge in [0, 0.05) is 0 Å². The highest BCUT2D eigenvalue weighted by Crippen LogP contribution is 2.33. The topological polar surface area (TPSA) is 29.5 Å². The first-order valence-corrected chi connectivity index (χ1v) is 6.74. The second-order valence-electron chi connectivity index (χ2n) is 5.10. The van der Waals surface area contributed by atoms with E-state index in [1.807, 2.05) is 49.4 Å². The summed E-state index contributed by atoms with van der Waals surface area (Å²) < 4.78 is 6.01. The number of rotatable bonds is 2. The summed E-state index contributed by atoms with van der Waals surface area (Å²) in [6.45, 7) is 2.03. The van der Waals surface area contributed by atoms with E-state index < -0.39 is 6.10 Å². The molecule has 19 heavy (non-hydrogen) atoms. The van der Waals surface area contributed by atoms with E-state index in [1.165, 1.54) is 5.56 Å². The van der Waals surface area contributed by atoms with Gasteiger partial charge in [0.25, 0.3) is 0 Å². The molecule has 0 fully saturated rings. The van der Waals surface area contributed by atoms with E-state index >= 15 is 0 Å². The summed E-state index contributed by atoms with van der Waals surface area (Å²) in [5, 5.41) is 10.4. The summed E-state index contributed by atoms with van der Waals surface area (Å²) in [6.07, 6.45) is 1.12. The zero-order valence-corrected chi connectivity index (χ0v) is 11.0. The van der Waals surface area contributed by atoms with Crippen LogP contribution in [-0.4, -0.2) is 11.2 Å². The van der Waals surface area contributed by atoms with Crippen molar-refractivity contribution < 1.29 is 9.84 Å². The molecular weight excluding hydrogens is 236 g/mol. The fourth-order valence-electron chi connectivity index (χ4n) is 2.68. The minimum atomic E-state index is -0.537. The van der Waals surface area contributed by atoms with Crippen LogP contribution in [0.15, 0.2) is 48.5 Å². The number of ether oxygens (including phenoxy) is 1. The number of para-hydroxylation sites is 1. The molecule has 0 radical (unpaired) electrons. The summed E-state index contributed by atoms with van der Waals surface area (Å²) in [4.78, 5) is 0. The van der Waals surface area contributed by atoms with E-state index in [0.29, 0.717) is 0 Å². The van der Waals surface area contributed by atoms with Gasteiger partial charge in [0.05, 0.1) is 0 Å². The predicted octanol–water partition coefficient (Wildman–Crippen LogP) is 3.42. The molecule has 0 spiro atoms. The first-order chi connectivity index (χ1) is 9.25. The molecule has 0 aromatic heterocycles. The van der Waals surface area contributed by atoms with Crippen molar-refractivity contribution in [2.45, 2.75) is 32.0 Å². The SMILES string of the molecule is Cc1ccccc1OC1CCc2ccccc2C1O. The highest BCUT2D eigenvalue weighted by molar-refractivity contribution is 5.35. The van der Waals surface area contributed by atoms with Gasteiger partial charge in [0.2, 0.25) is 0 Å². The molecule has 0 saturated carbocycles. The van der Waals surface area contributed by atoms with E-state index in [1.54, 1.807) is 0 Å². The Labute approximate surface area is 113 Å². The highest BCUT2D eigenvalue weighted by atomic mass is 16.5. The van der Waals surface area contributed by atoms with E-state index in [4.69, 9.17) is 4.74 Å². The van der Waals surface area contributed by atoms with Gasteiger partial charge in [-0.3, -0.25) is 0 Å². The Kier molecular flexibility index (Phi) is 3.26. The summed E-state index contributed by atoms with van der Waals surface area (Å²) >= 11 is 0. The maximum absolute atomic E-state index is 10.4. The predicted molar refractivity (Wildman–Crippen MR) is 75.3 cm³/mol. The van der Waals surface area contributed by atoms with Gasteiger partial charge in [-0.25, -0.2) is 0 Å². The van der Waals surface area contributed by atoms with Crippen molar-refractivity contribution >= 4 is 0 Å². The Hall–Kier alpha value is -1.80. The average molecular weight is 254 g/mol. The minimum absolute atomic E-state index is 0.156. The number of hydrogen-bond donors (Lipinski definition) is 1. The van der Waals surface area contributed by atoms with Crippen molar-refractivity contribution in [3.8, 4) is 5.75 Å². The van der Waals surface area contributed by atoms with E-state index in [-0.39, 0.29) is 6.10 Å². The fourth-order valence-corrected chi connectivity index (χ4v) is 2.68. The fraction of sp³-hybridized carbons (Fsp3) is 0.294. The van der Waals surface area contributed by atoms with Crippen LogP contribution in [0.5, 0.6) is 5.75 Å². The number of fused-ring (bicyclic) bond motifs is 1. The lowest BCUT2D eigenvalue weighted by atomic mass is 9.87. The zero-order chi connectivity index (χ0) is 13.2. The Morgan fingerprint density at radius 3 is 2.63 bits per heavy atom. The molecule has 2 heteroatoms. The normalized spacial score (nSPS) is 21.8. The van der Waals surface area contributed by atoms with Crippen LogP contribution in [0.4, 0.5) is 0 Å². The van der Waals surface area contributed by atoms with E-state index in [0.717, 1.165) is 29.7 Å². The summed E-state index contributed by atoms with van der Waals surface area (Å²) in [5.41, 5.74) is 3.35. The molecule has 1 aliphatic rings. The van der Waals surface area contributed by atoms with Crippen molar-refractivity contribution in [1.82, 2.24) is 0 Å². The van der Waals surface area contributed by atoms with Gasteiger partial charge in [-0.1, -0.05) is 42.5 Å². The quantitative estimate of drug-likeness (QED) is 0.889. The van der Waals surface area contributed by atoms with Crippen molar-refractivity contribution in [2.24, 2.45) is 0 Å². The molecule has 0 amide bonds. The van der Waals surface area contributed by atoms with Crippen LogP contribution in [-0.2, 0) is 6.42 Å². The molecule has 1 aliphatic carbocycles. The van der Waals surface area contributed by atoms with Crippen LogP contribution in [0.2, 0.25) is 0 Å². The van der Waals surface area contributed by atoms with Gasteiger partial charge in [-0.05, 0) is 42.5 Å². The molecule has 0 heterocycles. The molecule has 2 aromatic rings. The first kappa shape index (κ1) is 12.2. The highest BCUT2D eigenvalue weighted by Gasteiger charge is 2.29. The number of aliphatic hydroxyl groups is 1. The molecule has 0 aliphatic heterocycles. The first-order valence-electron chi connectivity index (χ1n) is 6.74. The summed E-state index contributed by atoms with van der Waals surface area (Å²) in [6, 6.07) is 16.0.